The third-order valence-electron chi connectivity index (χ3n) is 5.25. The van der Waals surface area contributed by atoms with E-state index >= 15 is 0 Å². The minimum absolute atomic E-state index is 0.0694. The van der Waals surface area contributed by atoms with Gasteiger partial charge in [0.2, 0.25) is 5.91 Å². The van der Waals surface area contributed by atoms with Gasteiger partial charge in [-0.2, -0.15) is 4.98 Å². The van der Waals surface area contributed by atoms with Crippen LogP contribution in [0.5, 0.6) is 0 Å². The van der Waals surface area contributed by atoms with Crippen LogP contribution in [0, 0.1) is 13.8 Å². The van der Waals surface area contributed by atoms with Gasteiger partial charge in [-0.3, -0.25) is 4.79 Å². The van der Waals surface area contributed by atoms with Gasteiger partial charge in [-0.15, -0.1) is 0 Å². The predicted octanol–water partition coefficient (Wildman–Crippen LogP) is 4.36. The van der Waals surface area contributed by atoms with Crippen molar-refractivity contribution in [1.29, 1.82) is 0 Å². The first-order valence-corrected chi connectivity index (χ1v) is 9.36. The first-order chi connectivity index (χ1) is 13.6. The molecular formula is C22H20N4O2. The van der Waals surface area contributed by atoms with E-state index in [2.05, 4.69) is 21.2 Å². The molecule has 6 nitrogen and oxygen atoms in total. The number of aromatic nitrogens is 3. The van der Waals surface area contributed by atoms with Crippen molar-refractivity contribution in [3.05, 3.63) is 65.6 Å². The average Bonchev–Trinajstić information content (AvgIpc) is 3.39. The number of H-pyrrole nitrogens is 1. The Morgan fingerprint density at radius 2 is 1.93 bits per heavy atom. The van der Waals surface area contributed by atoms with Crippen molar-refractivity contribution in [3.63, 3.8) is 0 Å². The quantitative estimate of drug-likeness (QED) is 0.580. The van der Waals surface area contributed by atoms with Crippen LogP contribution < -0.4 is 4.90 Å². The lowest BCUT2D eigenvalue weighted by molar-refractivity contribution is -0.117. The Bertz CT molecular complexity index is 1170. The standard InChI is InChI=1S/C22H20N4O2/c1-13-7-14(2)9-18(8-13)26-12-17(11-20(26)27)21-24-22(28-25-21)16-4-3-15-5-6-23-19(15)10-16/h3-10,17,23H,11-12H2,1-2H3. The average molecular weight is 372 g/mol. The molecule has 1 aliphatic rings. The van der Waals surface area contributed by atoms with Gasteiger partial charge in [0.05, 0.1) is 0 Å². The molecule has 1 atom stereocenters. The fourth-order valence-corrected chi connectivity index (χ4v) is 3.94. The minimum atomic E-state index is -0.0694. The number of anilines is 1. The summed E-state index contributed by atoms with van der Waals surface area (Å²) >= 11 is 0. The summed E-state index contributed by atoms with van der Waals surface area (Å²) in [6.07, 6.45) is 2.29. The number of aromatic amines is 1. The zero-order chi connectivity index (χ0) is 19.3. The van der Waals surface area contributed by atoms with E-state index in [1.807, 2.05) is 61.3 Å². The maximum Gasteiger partial charge on any atom is 0.258 e. The number of benzene rings is 2. The van der Waals surface area contributed by atoms with E-state index in [0.29, 0.717) is 24.7 Å². The molecule has 1 aliphatic heterocycles. The molecule has 6 heteroatoms. The molecule has 0 spiro atoms. The molecular weight excluding hydrogens is 352 g/mol. The third kappa shape index (κ3) is 2.87. The molecule has 2 aromatic carbocycles. The molecule has 1 unspecified atom stereocenters. The fourth-order valence-electron chi connectivity index (χ4n) is 3.94. The van der Waals surface area contributed by atoms with E-state index in [0.717, 1.165) is 33.3 Å². The highest BCUT2D eigenvalue weighted by atomic mass is 16.5. The number of aryl methyl sites for hydroxylation is 2. The van der Waals surface area contributed by atoms with Crippen LogP contribution in [-0.4, -0.2) is 27.6 Å². The second kappa shape index (κ2) is 6.34. The summed E-state index contributed by atoms with van der Waals surface area (Å²) in [4.78, 5) is 22.2. The van der Waals surface area contributed by atoms with Crippen LogP contribution in [0.1, 0.15) is 29.3 Å². The van der Waals surface area contributed by atoms with Crippen molar-refractivity contribution in [2.75, 3.05) is 11.4 Å². The molecule has 0 aliphatic carbocycles. The van der Waals surface area contributed by atoms with Crippen molar-refractivity contribution < 1.29 is 9.32 Å². The molecule has 0 radical (unpaired) electrons. The summed E-state index contributed by atoms with van der Waals surface area (Å²) in [5.74, 6) is 1.08. The SMILES string of the molecule is Cc1cc(C)cc(N2CC(c3noc(-c4ccc5cc[nH]c5c4)n3)CC2=O)c1. The highest BCUT2D eigenvalue weighted by molar-refractivity contribution is 5.96. The molecule has 0 bridgehead atoms. The number of amides is 1. The van der Waals surface area contributed by atoms with E-state index in [4.69, 9.17) is 4.52 Å². The van der Waals surface area contributed by atoms with Gasteiger partial charge >= 0.3 is 0 Å². The van der Waals surface area contributed by atoms with Crippen LogP contribution in [0.3, 0.4) is 0 Å². The Balaban J connectivity index is 1.41. The summed E-state index contributed by atoms with van der Waals surface area (Å²) in [5.41, 5.74) is 5.12. The van der Waals surface area contributed by atoms with Gasteiger partial charge in [0.25, 0.3) is 5.89 Å². The smallest absolute Gasteiger partial charge is 0.258 e. The second-order valence-electron chi connectivity index (χ2n) is 7.49. The van der Waals surface area contributed by atoms with Gasteiger partial charge in [0, 0.05) is 41.8 Å². The van der Waals surface area contributed by atoms with Crippen molar-refractivity contribution >= 4 is 22.5 Å². The van der Waals surface area contributed by atoms with Crippen LogP contribution in [0.4, 0.5) is 5.69 Å². The lowest BCUT2D eigenvalue weighted by Gasteiger charge is -2.17. The van der Waals surface area contributed by atoms with Gasteiger partial charge in [0.15, 0.2) is 5.82 Å². The Morgan fingerprint density at radius 1 is 1.11 bits per heavy atom. The van der Waals surface area contributed by atoms with E-state index in [9.17, 15) is 4.79 Å². The highest BCUT2D eigenvalue weighted by Gasteiger charge is 2.34. The molecule has 2 aromatic heterocycles. The first kappa shape index (κ1) is 16.7. The van der Waals surface area contributed by atoms with Crippen molar-refractivity contribution in [1.82, 2.24) is 15.1 Å². The van der Waals surface area contributed by atoms with Gasteiger partial charge in [-0.05, 0) is 60.7 Å². The monoisotopic (exact) mass is 372 g/mol. The van der Waals surface area contributed by atoms with Gasteiger partial charge in [-0.25, -0.2) is 0 Å². The number of carbonyl (C=O) groups is 1. The lowest BCUT2D eigenvalue weighted by atomic mass is 10.1. The van der Waals surface area contributed by atoms with Crippen molar-refractivity contribution in [2.24, 2.45) is 0 Å². The molecule has 1 N–H and O–H groups in total. The molecule has 1 fully saturated rings. The molecule has 4 aromatic rings. The van der Waals surface area contributed by atoms with Crippen molar-refractivity contribution in [3.8, 4) is 11.5 Å². The zero-order valence-corrected chi connectivity index (χ0v) is 15.8. The van der Waals surface area contributed by atoms with Crippen LogP contribution in [0.2, 0.25) is 0 Å². The van der Waals surface area contributed by atoms with E-state index < -0.39 is 0 Å². The number of nitrogens with one attached hydrogen (secondary N) is 1. The second-order valence-corrected chi connectivity index (χ2v) is 7.49. The number of carbonyl (C=O) groups excluding carboxylic acids is 1. The molecule has 1 amide bonds. The zero-order valence-electron chi connectivity index (χ0n) is 15.8. The maximum atomic E-state index is 12.6. The van der Waals surface area contributed by atoms with Crippen LogP contribution in [0.15, 0.2) is 53.2 Å². The Hall–Kier alpha value is -3.41. The maximum absolute atomic E-state index is 12.6. The first-order valence-electron chi connectivity index (χ1n) is 9.36. The number of hydrogen-bond donors (Lipinski definition) is 1. The van der Waals surface area contributed by atoms with E-state index in [-0.39, 0.29) is 11.8 Å². The third-order valence-corrected chi connectivity index (χ3v) is 5.25. The van der Waals surface area contributed by atoms with Crippen molar-refractivity contribution in [2.45, 2.75) is 26.2 Å². The van der Waals surface area contributed by atoms with E-state index in [1.54, 1.807) is 0 Å². The predicted molar refractivity (Wildman–Crippen MR) is 107 cm³/mol. The highest BCUT2D eigenvalue weighted by Crippen LogP contribution is 2.32. The normalized spacial score (nSPS) is 17.0. The Kier molecular flexibility index (Phi) is 3.79. The Morgan fingerprint density at radius 3 is 2.75 bits per heavy atom. The Labute approximate surface area is 162 Å². The number of fused-ring (bicyclic) bond motifs is 1. The summed E-state index contributed by atoms with van der Waals surface area (Å²) < 4.78 is 5.50. The lowest BCUT2D eigenvalue weighted by Crippen LogP contribution is -2.24. The molecule has 1 saturated heterocycles. The molecule has 28 heavy (non-hydrogen) atoms. The number of hydrogen-bond acceptors (Lipinski definition) is 4. The van der Waals surface area contributed by atoms with Crippen LogP contribution >= 0.6 is 0 Å². The summed E-state index contributed by atoms with van der Waals surface area (Å²) in [7, 11) is 0. The van der Waals surface area contributed by atoms with Crippen LogP contribution in [-0.2, 0) is 4.79 Å². The largest absolute Gasteiger partial charge is 0.361 e. The molecule has 3 heterocycles. The number of nitrogens with zero attached hydrogens (tertiary/aromatic N) is 3. The number of rotatable bonds is 3. The summed E-state index contributed by atoms with van der Waals surface area (Å²) in [6, 6.07) is 14.2. The van der Waals surface area contributed by atoms with Gasteiger partial charge < -0.3 is 14.4 Å². The summed E-state index contributed by atoms with van der Waals surface area (Å²) in [6.45, 7) is 4.65. The fraction of sp³-hybridized carbons (Fsp3) is 0.227. The minimum Gasteiger partial charge on any atom is -0.361 e. The summed E-state index contributed by atoms with van der Waals surface area (Å²) in [5, 5.41) is 5.30. The molecule has 140 valence electrons. The molecule has 0 saturated carbocycles. The van der Waals surface area contributed by atoms with Crippen LogP contribution in [0.25, 0.3) is 22.4 Å². The van der Waals surface area contributed by atoms with Gasteiger partial charge in [-0.1, -0.05) is 17.3 Å². The topological polar surface area (TPSA) is 75.0 Å². The van der Waals surface area contributed by atoms with Gasteiger partial charge in [0.1, 0.15) is 0 Å². The van der Waals surface area contributed by atoms with E-state index in [1.165, 1.54) is 0 Å². The molecule has 5 rings (SSSR count).